The summed E-state index contributed by atoms with van der Waals surface area (Å²) in [4.78, 5) is 17.9. The van der Waals surface area contributed by atoms with E-state index in [0.717, 1.165) is 59.2 Å². The fourth-order valence-electron chi connectivity index (χ4n) is 4.41. The molecule has 32 heavy (non-hydrogen) atoms. The molecule has 1 fully saturated rings. The van der Waals surface area contributed by atoms with E-state index in [1.807, 2.05) is 49.7 Å². The number of hydrogen-bond acceptors (Lipinski definition) is 6. The highest BCUT2D eigenvalue weighted by Gasteiger charge is 2.24. The van der Waals surface area contributed by atoms with Crippen molar-refractivity contribution >= 4 is 28.3 Å². The summed E-state index contributed by atoms with van der Waals surface area (Å²) >= 11 is 0. The van der Waals surface area contributed by atoms with Crippen LogP contribution in [0.1, 0.15) is 67.1 Å². The smallest absolute Gasteiger partial charge is 0.255 e. The highest BCUT2D eigenvalue weighted by atomic mass is 16.4. The van der Waals surface area contributed by atoms with Crippen molar-refractivity contribution in [1.29, 1.82) is 0 Å². The summed E-state index contributed by atoms with van der Waals surface area (Å²) in [6.45, 7) is 6.75. The number of nitrogens with one attached hydrogen (secondary N) is 2. The van der Waals surface area contributed by atoms with Crippen LogP contribution < -0.4 is 10.6 Å². The van der Waals surface area contributed by atoms with E-state index < -0.39 is 0 Å². The molecule has 0 bridgehead atoms. The van der Waals surface area contributed by atoms with Gasteiger partial charge in [0.2, 0.25) is 0 Å². The zero-order chi connectivity index (χ0) is 22.7. The number of pyridine rings is 1. The summed E-state index contributed by atoms with van der Waals surface area (Å²) in [5.41, 5.74) is 5.08. The van der Waals surface area contributed by atoms with Gasteiger partial charge in [-0.15, -0.1) is 0 Å². The third-order valence-electron chi connectivity index (χ3n) is 6.27. The van der Waals surface area contributed by atoms with E-state index >= 15 is 0 Å². The predicted molar refractivity (Wildman–Crippen MR) is 125 cm³/mol. The van der Waals surface area contributed by atoms with E-state index in [1.165, 1.54) is 0 Å². The van der Waals surface area contributed by atoms with Gasteiger partial charge in [-0.3, -0.25) is 4.79 Å². The van der Waals surface area contributed by atoms with Gasteiger partial charge in [-0.2, -0.15) is 5.10 Å². The summed E-state index contributed by atoms with van der Waals surface area (Å²) in [6, 6.07) is 8.10. The Morgan fingerprint density at radius 3 is 2.72 bits per heavy atom. The molecular weight excluding hydrogens is 404 g/mol. The average Bonchev–Trinajstić information content (AvgIpc) is 3.23. The summed E-state index contributed by atoms with van der Waals surface area (Å²) in [6.07, 6.45) is 6.57. The van der Waals surface area contributed by atoms with Crippen molar-refractivity contribution in [3.05, 3.63) is 53.3 Å². The van der Waals surface area contributed by atoms with Gasteiger partial charge in [0.15, 0.2) is 5.65 Å². The molecule has 3 aromatic rings. The van der Waals surface area contributed by atoms with Crippen molar-refractivity contribution in [2.75, 3.05) is 5.32 Å². The Labute approximate surface area is 187 Å². The van der Waals surface area contributed by atoms with Crippen LogP contribution in [0.25, 0.3) is 11.0 Å². The first kappa shape index (κ1) is 21.8. The Bertz CT molecular complexity index is 1140. The second-order valence-corrected chi connectivity index (χ2v) is 8.38. The third kappa shape index (κ3) is 4.30. The first-order valence-electron chi connectivity index (χ1n) is 11.2. The van der Waals surface area contributed by atoms with Crippen LogP contribution in [0.3, 0.4) is 0 Å². The molecule has 0 aliphatic heterocycles. The SMILES string of the molecule is CCn1ncc2c(NC3CCC(=NO)CC3)c(C(=O)NC(C)c3ccccc3C)cnc21. The molecule has 1 unspecified atom stereocenters. The molecule has 1 amide bonds. The number of nitrogens with zero attached hydrogens (tertiary/aromatic N) is 4. The minimum Gasteiger partial charge on any atom is -0.411 e. The van der Waals surface area contributed by atoms with Gasteiger partial charge in [-0.05, 0) is 57.6 Å². The number of aryl methyl sites for hydroxylation is 2. The maximum atomic E-state index is 13.4. The normalized spacial score (nSPS) is 17.2. The number of fused-ring (bicyclic) bond motifs is 1. The van der Waals surface area contributed by atoms with Crippen molar-refractivity contribution < 1.29 is 10.0 Å². The molecule has 1 aliphatic carbocycles. The number of oxime groups is 1. The van der Waals surface area contributed by atoms with E-state index in [9.17, 15) is 4.79 Å². The Hall–Kier alpha value is -3.42. The molecule has 2 heterocycles. The first-order chi connectivity index (χ1) is 15.5. The van der Waals surface area contributed by atoms with Crippen LogP contribution in [0.5, 0.6) is 0 Å². The monoisotopic (exact) mass is 434 g/mol. The highest BCUT2D eigenvalue weighted by molar-refractivity contribution is 6.06. The van der Waals surface area contributed by atoms with Gasteiger partial charge in [0, 0.05) is 18.8 Å². The fourth-order valence-corrected chi connectivity index (χ4v) is 4.41. The van der Waals surface area contributed by atoms with Gasteiger partial charge in [-0.1, -0.05) is 29.4 Å². The molecule has 1 aromatic carbocycles. The Morgan fingerprint density at radius 2 is 2.03 bits per heavy atom. The average molecular weight is 435 g/mol. The van der Waals surface area contributed by atoms with Crippen LogP contribution in [0.4, 0.5) is 5.69 Å². The van der Waals surface area contributed by atoms with Crippen molar-refractivity contribution in [3.63, 3.8) is 0 Å². The van der Waals surface area contributed by atoms with E-state index in [2.05, 4.69) is 25.9 Å². The zero-order valence-corrected chi connectivity index (χ0v) is 18.8. The molecule has 0 saturated heterocycles. The number of anilines is 1. The highest BCUT2D eigenvalue weighted by Crippen LogP contribution is 2.30. The van der Waals surface area contributed by atoms with Gasteiger partial charge in [0.25, 0.3) is 5.91 Å². The van der Waals surface area contributed by atoms with Crippen LogP contribution >= 0.6 is 0 Å². The molecule has 1 aliphatic rings. The number of rotatable bonds is 6. The second-order valence-electron chi connectivity index (χ2n) is 8.38. The molecule has 0 radical (unpaired) electrons. The molecule has 1 saturated carbocycles. The minimum atomic E-state index is -0.171. The maximum Gasteiger partial charge on any atom is 0.255 e. The number of hydrogen-bond donors (Lipinski definition) is 3. The number of benzene rings is 1. The molecule has 4 rings (SSSR count). The van der Waals surface area contributed by atoms with Crippen molar-refractivity contribution in [3.8, 4) is 0 Å². The molecule has 8 nitrogen and oxygen atoms in total. The van der Waals surface area contributed by atoms with Crippen LogP contribution in [0.15, 0.2) is 41.8 Å². The van der Waals surface area contributed by atoms with Crippen LogP contribution in [0, 0.1) is 6.92 Å². The lowest BCUT2D eigenvalue weighted by Gasteiger charge is -2.26. The Morgan fingerprint density at radius 1 is 1.28 bits per heavy atom. The van der Waals surface area contributed by atoms with E-state index in [0.29, 0.717) is 12.1 Å². The summed E-state index contributed by atoms with van der Waals surface area (Å²) < 4.78 is 1.83. The van der Waals surface area contributed by atoms with Gasteiger partial charge in [0.1, 0.15) is 0 Å². The second kappa shape index (κ2) is 9.38. The lowest BCUT2D eigenvalue weighted by molar-refractivity contribution is 0.0940. The molecular formula is C24H30N6O2. The molecule has 0 spiro atoms. The van der Waals surface area contributed by atoms with Crippen LogP contribution in [-0.2, 0) is 6.54 Å². The van der Waals surface area contributed by atoms with Crippen molar-refractivity contribution in [2.45, 2.75) is 65.1 Å². The topological polar surface area (TPSA) is 104 Å². The standard InChI is InChI=1S/C24H30N6O2/c1-4-30-23-20(14-26-30)22(28-17-9-11-18(29-32)12-10-17)21(13-25-23)24(31)27-16(3)19-8-6-5-7-15(19)2/h5-8,13-14,16-17,32H,4,9-12H2,1-3H3,(H,25,28)(H,27,31). The summed E-state index contributed by atoms with van der Waals surface area (Å²) in [5.74, 6) is -0.171. The molecule has 168 valence electrons. The lowest BCUT2D eigenvalue weighted by atomic mass is 9.93. The summed E-state index contributed by atoms with van der Waals surface area (Å²) in [5, 5.41) is 24.4. The Balaban J connectivity index is 1.65. The predicted octanol–water partition coefficient (Wildman–Crippen LogP) is 4.44. The largest absolute Gasteiger partial charge is 0.411 e. The zero-order valence-electron chi connectivity index (χ0n) is 18.8. The quantitative estimate of drug-likeness (QED) is 0.393. The van der Waals surface area contributed by atoms with Crippen molar-refractivity contribution in [2.24, 2.45) is 5.16 Å². The fraction of sp³-hybridized carbons (Fsp3) is 0.417. The van der Waals surface area contributed by atoms with E-state index in [1.54, 1.807) is 12.4 Å². The third-order valence-corrected chi connectivity index (χ3v) is 6.27. The molecule has 2 aromatic heterocycles. The number of amides is 1. The summed E-state index contributed by atoms with van der Waals surface area (Å²) in [7, 11) is 0. The van der Waals surface area contributed by atoms with E-state index in [4.69, 9.17) is 5.21 Å². The van der Waals surface area contributed by atoms with Gasteiger partial charge < -0.3 is 15.8 Å². The van der Waals surface area contributed by atoms with Crippen LogP contribution in [0.2, 0.25) is 0 Å². The number of carbonyl (C=O) groups is 1. The molecule has 3 N–H and O–H groups in total. The minimum absolute atomic E-state index is 0.136. The molecule has 8 heteroatoms. The Kier molecular flexibility index (Phi) is 6.39. The van der Waals surface area contributed by atoms with Gasteiger partial charge in [0.05, 0.1) is 34.6 Å². The van der Waals surface area contributed by atoms with E-state index in [-0.39, 0.29) is 18.0 Å². The van der Waals surface area contributed by atoms with Crippen LogP contribution in [-0.4, -0.2) is 37.6 Å². The van der Waals surface area contributed by atoms with Gasteiger partial charge in [-0.25, -0.2) is 9.67 Å². The van der Waals surface area contributed by atoms with Gasteiger partial charge >= 0.3 is 0 Å². The van der Waals surface area contributed by atoms with Crippen molar-refractivity contribution in [1.82, 2.24) is 20.1 Å². The lowest BCUT2D eigenvalue weighted by Crippen LogP contribution is -2.30. The molecule has 1 atom stereocenters. The first-order valence-corrected chi connectivity index (χ1v) is 11.2. The maximum absolute atomic E-state index is 13.4. The number of aromatic nitrogens is 3. The number of carbonyl (C=O) groups excluding carboxylic acids is 1.